The number of rotatable bonds is 7. The van der Waals surface area contributed by atoms with E-state index in [-0.39, 0.29) is 6.07 Å². The van der Waals surface area contributed by atoms with E-state index in [2.05, 4.69) is 5.32 Å². The maximum absolute atomic E-state index is 13.2. The molecule has 2 aromatic rings. The van der Waals surface area contributed by atoms with Crippen LogP contribution in [0.25, 0.3) is 0 Å². The molecule has 33 heavy (non-hydrogen) atoms. The molecule has 2 amide bonds. The molecule has 1 atom stereocenters. The van der Waals surface area contributed by atoms with Crippen LogP contribution in [0, 0.1) is 24.0 Å². The fraction of sp³-hybridized carbons (Fsp3) is 0.286. The molecule has 0 heterocycles. The van der Waals surface area contributed by atoms with Gasteiger partial charge < -0.3 is 15.4 Å². The van der Waals surface area contributed by atoms with Crippen LogP contribution in [-0.4, -0.2) is 35.4 Å². The smallest absolute Gasteiger partial charge is 0.418 e. The van der Waals surface area contributed by atoms with Crippen molar-refractivity contribution in [2.24, 2.45) is 0 Å². The molecular weight excluding hydrogens is 447 g/mol. The topological polar surface area (TPSA) is 128 Å². The van der Waals surface area contributed by atoms with Gasteiger partial charge in [-0.05, 0) is 50.1 Å². The second kappa shape index (κ2) is 10.1. The standard InChI is InChI=1S/C21H20F3N3O6/c1-11-4-5-14(8-12(11)2)20(30)25-10-18(28)33-13(3)19(29)26-17-7-6-15(27(31)32)9-16(17)21(22,23)24/h4-9,13H,10H2,1-3H3,(H,25,30)(H,26,29). The van der Waals surface area contributed by atoms with Gasteiger partial charge in [-0.15, -0.1) is 0 Å². The summed E-state index contributed by atoms with van der Waals surface area (Å²) >= 11 is 0. The quantitative estimate of drug-likeness (QED) is 0.364. The summed E-state index contributed by atoms with van der Waals surface area (Å²) in [4.78, 5) is 46.0. The third-order valence-corrected chi connectivity index (χ3v) is 4.62. The molecule has 0 aliphatic heterocycles. The molecule has 0 aliphatic carbocycles. The van der Waals surface area contributed by atoms with Crippen molar-refractivity contribution in [3.63, 3.8) is 0 Å². The highest BCUT2D eigenvalue weighted by Crippen LogP contribution is 2.37. The average Bonchev–Trinajstić information content (AvgIpc) is 2.73. The lowest BCUT2D eigenvalue weighted by Gasteiger charge is -2.17. The van der Waals surface area contributed by atoms with Crippen LogP contribution >= 0.6 is 0 Å². The summed E-state index contributed by atoms with van der Waals surface area (Å²) in [7, 11) is 0. The lowest BCUT2D eigenvalue weighted by molar-refractivity contribution is -0.385. The van der Waals surface area contributed by atoms with Crippen LogP contribution in [0.3, 0.4) is 0 Å². The van der Waals surface area contributed by atoms with E-state index < -0.39 is 58.5 Å². The van der Waals surface area contributed by atoms with Gasteiger partial charge in [0.2, 0.25) is 0 Å². The first-order valence-electron chi connectivity index (χ1n) is 9.51. The molecule has 2 aromatic carbocycles. The number of alkyl halides is 3. The first kappa shape index (κ1) is 25.3. The summed E-state index contributed by atoms with van der Waals surface area (Å²) < 4.78 is 44.5. The first-order chi connectivity index (χ1) is 15.3. The maximum Gasteiger partial charge on any atom is 0.418 e. The SMILES string of the molecule is Cc1ccc(C(=O)NCC(=O)OC(C)C(=O)Nc2ccc([N+](=O)[O-])cc2C(F)(F)F)cc1C. The molecule has 0 aliphatic rings. The summed E-state index contributed by atoms with van der Waals surface area (Å²) in [5, 5.41) is 15.0. The Hall–Kier alpha value is -3.96. The van der Waals surface area contributed by atoms with Crippen molar-refractivity contribution in [3.05, 3.63) is 68.8 Å². The molecule has 0 saturated carbocycles. The number of hydrogen-bond donors (Lipinski definition) is 2. The predicted octanol–water partition coefficient (Wildman–Crippen LogP) is 3.53. The van der Waals surface area contributed by atoms with E-state index in [4.69, 9.17) is 4.74 Å². The third kappa shape index (κ3) is 6.76. The Morgan fingerprint density at radius 3 is 2.33 bits per heavy atom. The van der Waals surface area contributed by atoms with Crippen LogP contribution in [0.15, 0.2) is 36.4 Å². The van der Waals surface area contributed by atoms with Crippen LogP contribution in [0.2, 0.25) is 0 Å². The number of esters is 1. The van der Waals surface area contributed by atoms with Crippen molar-refractivity contribution in [3.8, 4) is 0 Å². The molecule has 0 spiro atoms. The number of halogens is 3. The number of nitrogens with one attached hydrogen (secondary N) is 2. The molecule has 12 heteroatoms. The number of nitrogens with zero attached hydrogens (tertiary/aromatic N) is 1. The zero-order valence-corrected chi connectivity index (χ0v) is 17.8. The number of anilines is 1. The summed E-state index contributed by atoms with van der Waals surface area (Å²) in [5.41, 5.74) is -0.797. The monoisotopic (exact) mass is 467 g/mol. The van der Waals surface area contributed by atoms with Gasteiger partial charge >= 0.3 is 12.1 Å². The van der Waals surface area contributed by atoms with Gasteiger partial charge in [-0.1, -0.05) is 6.07 Å². The summed E-state index contributed by atoms with van der Waals surface area (Å²) in [6.45, 7) is 4.23. The Bertz CT molecular complexity index is 1100. The maximum atomic E-state index is 13.2. The van der Waals surface area contributed by atoms with Crippen molar-refractivity contribution < 1.29 is 37.2 Å². The Labute approximate surface area is 186 Å². The number of amides is 2. The highest BCUT2D eigenvalue weighted by Gasteiger charge is 2.36. The molecule has 0 radical (unpaired) electrons. The van der Waals surface area contributed by atoms with Gasteiger partial charge in [0.25, 0.3) is 17.5 Å². The van der Waals surface area contributed by atoms with Crippen LogP contribution in [-0.2, 0) is 20.5 Å². The number of carbonyl (C=O) groups excluding carboxylic acids is 3. The van der Waals surface area contributed by atoms with Crippen LogP contribution in [0.4, 0.5) is 24.5 Å². The molecule has 1 unspecified atom stereocenters. The average molecular weight is 467 g/mol. The van der Waals surface area contributed by atoms with Crippen molar-refractivity contribution >= 4 is 29.2 Å². The third-order valence-electron chi connectivity index (χ3n) is 4.62. The van der Waals surface area contributed by atoms with Crippen LogP contribution in [0.1, 0.15) is 34.0 Å². The van der Waals surface area contributed by atoms with Crippen molar-refractivity contribution in [1.82, 2.24) is 5.32 Å². The molecule has 2 N–H and O–H groups in total. The summed E-state index contributed by atoms with van der Waals surface area (Å²) in [6, 6.07) is 6.76. The van der Waals surface area contributed by atoms with Gasteiger partial charge in [0.15, 0.2) is 6.10 Å². The van der Waals surface area contributed by atoms with Gasteiger partial charge in [-0.25, -0.2) is 0 Å². The summed E-state index contributed by atoms with van der Waals surface area (Å²) in [5.74, 6) is -2.63. The largest absolute Gasteiger partial charge is 0.451 e. The molecular formula is C21H20F3N3O6. The number of nitro groups is 1. The van der Waals surface area contributed by atoms with E-state index in [1.165, 1.54) is 0 Å². The Kier molecular flexibility index (Phi) is 7.75. The number of nitro benzene ring substituents is 1. The van der Waals surface area contributed by atoms with E-state index in [1.807, 2.05) is 19.2 Å². The fourth-order valence-corrected chi connectivity index (χ4v) is 2.65. The number of non-ortho nitro benzene ring substituents is 1. The van der Waals surface area contributed by atoms with Crippen LogP contribution < -0.4 is 10.6 Å². The second-order valence-corrected chi connectivity index (χ2v) is 7.09. The molecule has 0 aromatic heterocycles. The second-order valence-electron chi connectivity index (χ2n) is 7.09. The molecule has 0 bridgehead atoms. The Balaban J connectivity index is 1.98. The minimum atomic E-state index is -4.98. The Morgan fingerprint density at radius 2 is 1.76 bits per heavy atom. The zero-order valence-electron chi connectivity index (χ0n) is 17.8. The molecule has 9 nitrogen and oxygen atoms in total. The van der Waals surface area contributed by atoms with Gasteiger partial charge in [0.1, 0.15) is 6.54 Å². The number of carbonyl (C=O) groups is 3. The lowest BCUT2D eigenvalue weighted by atomic mass is 10.1. The van der Waals surface area contributed by atoms with Crippen molar-refractivity contribution in [1.29, 1.82) is 0 Å². The number of aryl methyl sites for hydroxylation is 2. The molecule has 0 saturated heterocycles. The number of ether oxygens (including phenoxy) is 1. The van der Waals surface area contributed by atoms with Gasteiger partial charge in [-0.3, -0.25) is 24.5 Å². The number of hydrogen-bond acceptors (Lipinski definition) is 6. The van der Waals surface area contributed by atoms with Crippen molar-refractivity contribution in [2.75, 3.05) is 11.9 Å². The molecule has 2 rings (SSSR count). The highest BCUT2D eigenvalue weighted by molar-refractivity contribution is 5.98. The van der Waals surface area contributed by atoms with Gasteiger partial charge in [0, 0.05) is 17.7 Å². The highest BCUT2D eigenvalue weighted by atomic mass is 19.4. The van der Waals surface area contributed by atoms with Crippen LogP contribution in [0.5, 0.6) is 0 Å². The minimum Gasteiger partial charge on any atom is -0.451 e. The normalized spacial score (nSPS) is 11.9. The first-order valence-corrected chi connectivity index (χ1v) is 9.51. The van der Waals surface area contributed by atoms with E-state index in [0.29, 0.717) is 5.56 Å². The van der Waals surface area contributed by atoms with E-state index >= 15 is 0 Å². The molecule has 176 valence electrons. The Morgan fingerprint density at radius 1 is 1.09 bits per heavy atom. The van der Waals surface area contributed by atoms with E-state index in [9.17, 15) is 37.7 Å². The van der Waals surface area contributed by atoms with Gasteiger partial charge in [-0.2, -0.15) is 13.2 Å². The van der Waals surface area contributed by atoms with Crippen molar-refractivity contribution in [2.45, 2.75) is 33.1 Å². The summed E-state index contributed by atoms with van der Waals surface area (Å²) in [6.07, 6.45) is -6.49. The minimum absolute atomic E-state index is 0.286. The van der Waals surface area contributed by atoms with Gasteiger partial charge in [0.05, 0.1) is 16.2 Å². The lowest BCUT2D eigenvalue weighted by Crippen LogP contribution is -2.36. The predicted molar refractivity (Wildman–Crippen MR) is 111 cm³/mol. The van der Waals surface area contributed by atoms with E-state index in [1.54, 1.807) is 18.2 Å². The molecule has 0 fully saturated rings. The number of benzene rings is 2. The van der Waals surface area contributed by atoms with E-state index in [0.717, 1.165) is 30.2 Å². The zero-order chi connectivity index (χ0) is 24.9. The fourth-order valence-electron chi connectivity index (χ4n) is 2.65.